The van der Waals surface area contributed by atoms with Crippen molar-refractivity contribution >= 4 is 0 Å². The van der Waals surface area contributed by atoms with E-state index in [-0.39, 0.29) is 0 Å². The van der Waals surface area contributed by atoms with E-state index in [4.69, 9.17) is 11.5 Å². The molecule has 0 unspecified atom stereocenters. The molecular formula is C8H15N3. The van der Waals surface area contributed by atoms with E-state index in [0.717, 1.165) is 24.6 Å². The number of allylic oxidation sites excluding steroid dienone is 3. The molecule has 0 spiro atoms. The fourth-order valence-electron chi connectivity index (χ4n) is 0.897. The van der Waals surface area contributed by atoms with Crippen LogP contribution < -0.4 is 11.5 Å². The molecule has 1 aliphatic heterocycles. The maximum Gasteiger partial charge on any atom is 0.0987 e. The Kier molecular flexibility index (Phi) is 2.41. The highest BCUT2D eigenvalue weighted by atomic mass is 15.2. The zero-order valence-corrected chi connectivity index (χ0v) is 6.88. The minimum Gasteiger partial charge on any atom is -0.402 e. The van der Waals surface area contributed by atoms with Crippen molar-refractivity contribution in [2.75, 3.05) is 13.1 Å². The molecule has 0 amide bonds. The van der Waals surface area contributed by atoms with Crippen LogP contribution in [0.5, 0.6) is 0 Å². The van der Waals surface area contributed by atoms with Gasteiger partial charge in [0.25, 0.3) is 0 Å². The second kappa shape index (κ2) is 3.32. The minimum absolute atomic E-state index is 0.786. The van der Waals surface area contributed by atoms with Gasteiger partial charge in [-0.25, -0.2) is 0 Å². The first-order valence-corrected chi connectivity index (χ1v) is 3.84. The molecule has 1 rings (SSSR count). The Morgan fingerprint density at radius 2 is 1.91 bits per heavy atom. The average molecular weight is 153 g/mol. The number of nitrogens with two attached hydrogens (primary N) is 2. The van der Waals surface area contributed by atoms with Crippen LogP contribution in [0.15, 0.2) is 23.7 Å². The molecule has 1 saturated heterocycles. The summed E-state index contributed by atoms with van der Waals surface area (Å²) in [5, 5.41) is 0. The Bertz CT molecular complexity index is 186. The maximum absolute atomic E-state index is 5.71. The van der Waals surface area contributed by atoms with E-state index < -0.39 is 0 Å². The summed E-state index contributed by atoms with van der Waals surface area (Å²) >= 11 is 0. The van der Waals surface area contributed by atoms with E-state index >= 15 is 0 Å². The predicted octanol–water partition coefficient (Wildman–Crippen LogP) is 0.355. The lowest BCUT2D eigenvalue weighted by atomic mass is 10.2. The predicted molar refractivity (Wildman–Crippen MR) is 46.4 cm³/mol. The zero-order chi connectivity index (χ0) is 8.27. The summed E-state index contributed by atoms with van der Waals surface area (Å²) in [4.78, 5) is 2.12. The third kappa shape index (κ3) is 2.18. The van der Waals surface area contributed by atoms with Crippen molar-refractivity contribution in [3.05, 3.63) is 23.7 Å². The highest BCUT2D eigenvalue weighted by Gasteiger charge is 2.13. The van der Waals surface area contributed by atoms with Gasteiger partial charge in [-0.15, -0.1) is 0 Å². The van der Waals surface area contributed by atoms with Gasteiger partial charge in [0.1, 0.15) is 0 Å². The van der Waals surface area contributed by atoms with Gasteiger partial charge in [-0.1, -0.05) is 0 Å². The van der Waals surface area contributed by atoms with Gasteiger partial charge in [0.15, 0.2) is 0 Å². The van der Waals surface area contributed by atoms with E-state index in [2.05, 4.69) is 4.90 Å². The zero-order valence-electron chi connectivity index (χ0n) is 6.88. The Hall–Kier alpha value is -1.12. The molecule has 0 bridgehead atoms. The second-order valence-corrected chi connectivity index (χ2v) is 2.84. The van der Waals surface area contributed by atoms with Crippen molar-refractivity contribution in [1.29, 1.82) is 0 Å². The molecule has 1 heterocycles. The van der Waals surface area contributed by atoms with Crippen LogP contribution >= 0.6 is 0 Å². The number of likely N-dealkylation sites (tertiary alicyclic amines) is 1. The summed E-state index contributed by atoms with van der Waals surface area (Å²) in [6.07, 6.45) is 4.93. The number of hydrogen-bond donors (Lipinski definition) is 2. The summed E-state index contributed by atoms with van der Waals surface area (Å²) in [5.74, 6) is 0.820. The van der Waals surface area contributed by atoms with E-state index in [1.807, 2.05) is 19.1 Å². The van der Waals surface area contributed by atoms with Crippen LogP contribution in [0.25, 0.3) is 0 Å². The molecule has 62 valence electrons. The second-order valence-electron chi connectivity index (χ2n) is 2.84. The van der Waals surface area contributed by atoms with Crippen molar-refractivity contribution in [3.63, 3.8) is 0 Å². The van der Waals surface area contributed by atoms with Crippen molar-refractivity contribution < 1.29 is 0 Å². The third-order valence-corrected chi connectivity index (χ3v) is 1.74. The van der Waals surface area contributed by atoms with Crippen LogP contribution in [0.4, 0.5) is 0 Å². The highest BCUT2D eigenvalue weighted by molar-refractivity contribution is 5.13. The SMILES string of the molecule is C/C(N)=C/C=C(\N)N1CCC1. The first-order valence-electron chi connectivity index (χ1n) is 3.84. The van der Waals surface area contributed by atoms with Crippen LogP contribution in [0.2, 0.25) is 0 Å². The van der Waals surface area contributed by atoms with E-state index in [1.54, 1.807) is 0 Å². The fourth-order valence-corrected chi connectivity index (χ4v) is 0.897. The molecule has 0 radical (unpaired) electrons. The summed E-state index contributed by atoms with van der Waals surface area (Å²) in [5.41, 5.74) is 11.9. The molecule has 0 aromatic rings. The molecule has 0 aromatic heterocycles. The summed E-state index contributed by atoms with van der Waals surface area (Å²) < 4.78 is 0. The van der Waals surface area contributed by atoms with Gasteiger partial charge in [0.2, 0.25) is 0 Å². The van der Waals surface area contributed by atoms with Gasteiger partial charge >= 0.3 is 0 Å². The smallest absolute Gasteiger partial charge is 0.0987 e. The lowest BCUT2D eigenvalue weighted by Crippen LogP contribution is -2.39. The van der Waals surface area contributed by atoms with Gasteiger partial charge in [-0.05, 0) is 25.5 Å². The summed E-state index contributed by atoms with van der Waals surface area (Å²) in [6.45, 7) is 4.01. The van der Waals surface area contributed by atoms with Crippen LogP contribution in [0.1, 0.15) is 13.3 Å². The normalized spacial score (nSPS) is 19.9. The number of nitrogens with zero attached hydrogens (tertiary/aromatic N) is 1. The summed E-state index contributed by atoms with van der Waals surface area (Å²) in [7, 11) is 0. The van der Waals surface area contributed by atoms with E-state index in [0.29, 0.717) is 0 Å². The Morgan fingerprint density at radius 1 is 1.27 bits per heavy atom. The van der Waals surface area contributed by atoms with Gasteiger partial charge in [-0.2, -0.15) is 0 Å². The first kappa shape index (κ1) is 7.98. The van der Waals surface area contributed by atoms with Crippen LogP contribution in [0, 0.1) is 0 Å². The first-order chi connectivity index (χ1) is 5.20. The van der Waals surface area contributed by atoms with Crippen LogP contribution in [-0.4, -0.2) is 18.0 Å². The van der Waals surface area contributed by atoms with Gasteiger partial charge in [0, 0.05) is 18.8 Å². The van der Waals surface area contributed by atoms with E-state index in [1.165, 1.54) is 6.42 Å². The van der Waals surface area contributed by atoms with Crippen molar-refractivity contribution in [2.45, 2.75) is 13.3 Å². The minimum atomic E-state index is 0.786. The topological polar surface area (TPSA) is 55.3 Å². The quantitative estimate of drug-likeness (QED) is 0.563. The molecule has 11 heavy (non-hydrogen) atoms. The molecule has 0 saturated carbocycles. The molecule has 3 heteroatoms. The lowest BCUT2D eigenvalue weighted by Gasteiger charge is -2.32. The molecule has 1 aliphatic rings. The molecular weight excluding hydrogens is 138 g/mol. The Labute approximate surface area is 67.3 Å². The van der Waals surface area contributed by atoms with Crippen LogP contribution in [-0.2, 0) is 0 Å². The summed E-state index contributed by atoms with van der Waals surface area (Å²) in [6, 6.07) is 0. The lowest BCUT2D eigenvalue weighted by molar-refractivity contribution is 0.236. The molecule has 0 atom stereocenters. The van der Waals surface area contributed by atoms with Crippen molar-refractivity contribution in [2.24, 2.45) is 11.5 Å². The number of hydrogen-bond acceptors (Lipinski definition) is 3. The molecule has 3 nitrogen and oxygen atoms in total. The average Bonchev–Trinajstić information content (AvgIpc) is 1.79. The Morgan fingerprint density at radius 3 is 2.27 bits per heavy atom. The fraction of sp³-hybridized carbons (Fsp3) is 0.500. The maximum atomic E-state index is 5.71. The standard InChI is InChI=1S/C8H15N3/c1-7(9)3-4-8(10)11-5-2-6-11/h3-4H,2,5-6,9-10H2,1H3/b7-3-,8-4+. The molecule has 0 aromatic carbocycles. The monoisotopic (exact) mass is 153 g/mol. The van der Waals surface area contributed by atoms with Gasteiger partial charge < -0.3 is 16.4 Å². The van der Waals surface area contributed by atoms with Gasteiger partial charge in [-0.3, -0.25) is 0 Å². The Balaban J connectivity index is 2.44. The third-order valence-electron chi connectivity index (χ3n) is 1.74. The van der Waals surface area contributed by atoms with Gasteiger partial charge in [0.05, 0.1) is 5.82 Å². The molecule has 0 aliphatic carbocycles. The number of rotatable bonds is 2. The molecule has 4 N–H and O–H groups in total. The van der Waals surface area contributed by atoms with Crippen LogP contribution in [0.3, 0.4) is 0 Å². The molecule has 1 fully saturated rings. The largest absolute Gasteiger partial charge is 0.402 e. The highest BCUT2D eigenvalue weighted by Crippen LogP contribution is 2.09. The van der Waals surface area contributed by atoms with Crippen molar-refractivity contribution in [3.8, 4) is 0 Å². The van der Waals surface area contributed by atoms with E-state index in [9.17, 15) is 0 Å². The van der Waals surface area contributed by atoms with Crippen molar-refractivity contribution in [1.82, 2.24) is 4.90 Å².